The van der Waals surface area contributed by atoms with Crippen LogP contribution in [0.15, 0.2) is 30.3 Å². The van der Waals surface area contributed by atoms with E-state index >= 15 is 0 Å². The van der Waals surface area contributed by atoms with Gasteiger partial charge in [0.05, 0.1) is 11.2 Å². The van der Waals surface area contributed by atoms with Crippen molar-refractivity contribution in [3.05, 3.63) is 35.9 Å². The van der Waals surface area contributed by atoms with Crippen LogP contribution in [0.1, 0.15) is 46.1 Å². The second-order valence-electron chi connectivity index (χ2n) is 8.92. The summed E-state index contributed by atoms with van der Waals surface area (Å²) in [7, 11) is -0.00574. The van der Waals surface area contributed by atoms with Crippen molar-refractivity contribution >= 4 is 7.12 Å². The van der Waals surface area contributed by atoms with Crippen molar-refractivity contribution in [3.63, 3.8) is 0 Å². The highest BCUT2D eigenvalue weighted by Crippen LogP contribution is 2.58. The smallest absolute Gasteiger partial charge is 0.403 e. The Balaban J connectivity index is 1.27. The normalized spacial score (nSPS) is 28.6. The quantitative estimate of drug-likeness (QED) is 0.794. The molecule has 124 valence electrons. The van der Waals surface area contributed by atoms with Crippen LogP contribution >= 0.6 is 0 Å². The van der Waals surface area contributed by atoms with Gasteiger partial charge in [0.2, 0.25) is 0 Å². The first-order chi connectivity index (χ1) is 10.8. The number of hydrogen-bond acceptors (Lipinski definition) is 3. The summed E-state index contributed by atoms with van der Waals surface area (Å²) in [5.41, 5.74) is 1.58. The zero-order chi connectivity index (χ0) is 16.3. The van der Waals surface area contributed by atoms with E-state index in [0.29, 0.717) is 11.2 Å². The highest BCUT2D eigenvalue weighted by atomic mass is 16.7. The number of rotatable bonds is 3. The van der Waals surface area contributed by atoms with E-state index in [-0.39, 0.29) is 18.3 Å². The zero-order valence-electron chi connectivity index (χ0n) is 14.8. The van der Waals surface area contributed by atoms with Gasteiger partial charge >= 0.3 is 7.12 Å². The fraction of sp³-hybridized carbons (Fsp3) is 0.684. The van der Waals surface area contributed by atoms with Gasteiger partial charge in [-0.05, 0) is 57.3 Å². The number of nitrogens with zero attached hydrogens (tertiary/aromatic N) is 1. The molecule has 4 heteroatoms. The summed E-state index contributed by atoms with van der Waals surface area (Å²) in [4.78, 5) is 2.57. The molecule has 3 aliphatic rings. The van der Waals surface area contributed by atoms with E-state index in [9.17, 15) is 0 Å². The topological polar surface area (TPSA) is 21.7 Å². The largest absolute Gasteiger partial charge is 0.461 e. The maximum atomic E-state index is 6.22. The first-order valence-electron chi connectivity index (χ1n) is 8.91. The third-order valence-electron chi connectivity index (χ3n) is 6.41. The van der Waals surface area contributed by atoms with E-state index in [1.165, 1.54) is 31.5 Å². The van der Waals surface area contributed by atoms with Crippen molar-refractivity contribution in [1.29, 1.82) is 0 Å². The van der Waals surface area contributed by atoms with Gasteiger partial charge < -0.3 is 9.31 Å². The molecule has 2 heterocycles. The molecule has 1 spiro atoms. The molecule has 2 aliphatic heterocycles. The first-order valence-corrected chi connectivity index (χ1v) is 8.91. The molecule has 3 fully saturated rings. The molecule has 4 rings (SSSR count). The Hall–Kier alpha value is -0.835. The second-order valence-corrected chi connectivity index (χ2v) is 8.92. The summed E-state index contributed by atoms with van der Waals surface area (Å²) >= 11 is 0. The summed E-state index contributed by atoms with van der Waals surface area (Å²) < 4.78 is 12.4. The van der Waals surface area contributed by atoms with Crippen LogP contribution in [0.3, 0.4) is 0 Å². The number of benzene rings is 1. The van der Waals surface area contributed by atoms with E-state index < -0.39 is 0 Å². The van der Waals surface area contributed by atoms with Gasteiger partial charge in [0.25, 0.3) is 0 Å². The van der Waals surface area contributed by atoms with Crippen LogP contribution in [0.2, 0.25) is 5.82 Å². The zero-order valence-corrected chi connectivity index (χ0v) is 14.8. The molecule has 3 nitrogen and oxygen atoms in total. The molecule has 1 aliphatic carbocycles. The van der Waals surface area contributed by atoms with E-state index in [2.05, 4.69) is 62.9 Å². The van der Waals surface area contributed by atoms with Crippen LogP contribution < -0.4 is 0 Å². The third-order valence-corrected chi connectivity index (χ3v) is 6.41. The molecule has 1 aromatic rings. The summed E-state index contributed by atoms with van der Waals surface area (Å²) in [6, 6.07) is 10.8. The minimum absolute atomic E-state index is 0.00574. The van der Waals surface area contributed by atoms with E-state index in [4.69, 9.17) is 9.31 Å². The minimum Gasteiger partial charge on any atom is -0.403 e. The summed E-state index contributed by atoms with van der Waals surface area (Å²) in [6.07, 6.45) is 2.52. The summed E-state index contributed by atoms with van der Waals surface area (Å²) in [6.45, 7) is 12.1. The van der Waals surface area contributed by atoms with E-state index in [1.54, 1.807) is 0 Å². The van der Waals surface area contributed by atoms with Crippen molar-refractivity contribution in [2.75, 3.05) is 13.1 Å². The van der Waals surface area contributed by atoms with Crippen LogP contribution in [-0.2, 0) is 15.9 Å². The van der Waals surface area contributed by atoms with Crippen LogP contribution in [0, 0.1) is 5.41 Å². The lowest BCUT2D eigenvalue weighted by molar-refractivity contribution is -0.0698. The Morgan fingerprint density at radius 2 is 1.57 bits per heavy atom. The lowest BCUT2D eigenvalue weighted by atomic mass is 9.47. The minimum atomic E-state index is -0.195. The molecule has 0 atom stereocenters. The van der Waals surface area contributed by atoms with Gasteiger partial charge in [0.15, 0.2) is 0 Å². The highest BCUT2D eigenvalue weighted by Gasteiger charge is 2.61. The van der Waals surface area contributed by atoms with Crippen LogP contribution in [0.4, 0.5) is 0 Å². The molecule has 1 saturated carbocycles. The number of likely N-dealkylation sites (tertiary alicyclic amines) is 1. The Bertz CT molecular complexity index is 556. The SMILES string of the molecule is CC1(C)OB(C2CC3(C2)CN(Cc2ccccc2)C3)OC1(C)C. The van der Waals surface area contributed by atoms with Crippen molar-refractivity contribution < 1.29 is 9.31 Å². The Labute approximate surface area is 140 Å². The molecular formula is C19H28BNO2. The van der Waals surface area contributed by atoms with Crippen molar-refractivity contribution in [2.45, 2.75) is 64.1 Å². The molecule has 23 heavy (non-hydrogen) atoms. The predicted octanol–water partition coefficient (Wildman–Crippen LogP) is 3.74. The van der Waals surface area contributed by atoms with Crippen molar-refractivity contribution in [2.24, 2.45) is 5.41 Å². The highest BCUT2D eigenvalue weighted by molar-refractivity contribution is 6.47. The fourth-order valence-electron chi connectivity index (χ4n) is 4.44. The van der Waals surface area contributed by atoms with Crippen LogP contribution in [0.5, 0.6) is 0 Å². The molecule has 1 aromatic carbocycles. The van der Waals surface area contributed by atoms with Gasteiger partial charge in [0.1, 0.15) is 0 Å². The van der Waals surface area contributed by atoms with Gasteiger partial charge in [-0.3, -0.25) is 4.90 Å². The average molecular weight is 313 g/mol. The fourth-order valence-corrected chi connectivity index (χ4v) is 4.44. The lowest BCUT2D eigenvalue weighted by Crippen LogP contribution is -2.62. The molecule has 0 N–H and O–H groups in total. The van der Waals surface area contributed by atoms with Gasteiger partial charge in [0, 0.05) is 19.6 Å². The molecule has 0 radical (unpaired) electrons. The standard InChI is InChI=1S/C19H28BNO2/c1-17(2)18(3,4)23-20(22-17)16-10-19(11-16)13-21(14-19)12-15-8-6-5-7-9-15/h5-9,16H,10-14H2,1-4H3. The molecular weight excluding hydrogens is 285 g/mol. The van der Waals surface area contributed by atoms with E-state index in [1.807, 2.05) is 0 Å². The third kappa shape index (κ3) is 2.65. The van der Waals surface area contributed by atoms with Crippen molar-refractivity contribution in [1.82, 2.24) is 4.90 Å². The molecule has 0 amide bonds. The Kier molecular flexibility index (Phi) is 3.46. The van der Waals surface area contributed by atoms with Crippen LogP contribution in [0.25, 0.3) is 0 Å². The Morgan fingerprint density at radius 1 is 1.00 bits per heavy atom. The van der Waals surface area contributed by atoms with Gasteiger partial charge in [-0.25, -0.2) is 0 Å². The lowest BCUT2D eigenvalue weighted by Gasteiger charge is -2.59. The van der Waals surface area contributed by atoms with E-state index in [0.717, 1.165) is 6.54 Å². The molecule has 0 bridgehead atoms. The van der Waals surface area contributed by atoms with Gasteiger partial charge in [-0.1, -0.05) is 30.3 Å². The second kappa shape index (κ2) is 5.08. The maximum absolute atomic E-state index is 6.22. The first kappa shape index (κ1) is 15.7. The molecule has 0 unspecified atom stereocenters. The maximum Gasteiger partial charge on any atom is 0.461 e. The van der Waals surface area contributed by atoms with Gasteiger partial charge in [-0.2, -0.15) is 0 Å². The average Bonchev–Trinajstić information content (AvgIpc) is 2.60. The predicted molar refractivity (Wildman–Crippen MR) is 93.2 cm³/mol. The van der Waals surface area contributed by atoms with Crippen LogP contribution in [-0.4, -0.2) is 36.3 Å². The monoisotopic (exact) mass is 313 g/mol. The van der Waals surface area contributed by atoms with Crippen molar-refractivity contribution in [3.8, 4) is 0 Å². The Morgan fingerprint density at radius 3 is 2.13 bits per heavy atom. The number of hydrogen-bond donors (Lipinski definition) is 0. The molecule has 2 saturated heterocycles. The summed E-state index contributed by atoms with van der Waals surface area (Å²) in [5, 5.41) is 0. The van der Waals surface area contributed by atoms with Gasteiger partial charge in [-0.15, -0.1) is 0 Å². The summed E-state index contributed by atoms with van der Waals surface area (Å²) in [5.74, 6) is 0.579. The molecule has 0 aromatic heterocycles.